The first-order chi connectivity index (χ1) is 7.67. The summed E-state index contributed by atoms with van der Waals surface area (Å²) in [5, 5.41) is 0. The van der Waals surface area contributed by atoms with Gasteiger partial charge in [0, 0.05) is 0 Å². The molecule has 94 valence electrons. The maximum atomic E-state index is 13.3. The number of hydrogen-bond donors (Lipinski definition) is 0. The molecule has 0 aromatic carbocycles. The Morgan fingerprint density at radius 1 is 1.44 bits per heavy atom. The van der Waals surface area contributed by atoms with Crippen molar-refractivity contribution in [1.82, 2.24) is 0 Å². The molecule has 0 saturated heterocycles. The van der Waals surface area contributed by atoms with Crippen LogP contribution in [0.2, 0.25) is 0 Å². The molecule has 0 amide bonds. The Balaban J connectivity index is 2.32. The lowest BCUT2D eigenvalue weighted by molar-refractivity contribution is -0.179. The van der Waals surface area contributed by atoms with Crippen LogP contribution in [0.4, 0.5) is 4.39 Å². The number of carbonyl (C=O) groups is 1. The van der Waals surface area contributed by atoms with E-state index in [-0.39, 0.29) is 12.7 Å². The standard InChI is InChI=1S/C12H21FO3/c1-3-9-6-5-7-10(8-9)16-11(13)12(14)15-4-2/h9-11H,3-8H2,1-2H3. The van der Waals surface area contributed by atoms with E-state index in [0.717, 1.165) is 25.7 Å². The molecule has 16 heavy (non-hydrogen) atoms. The third-order valence-electron chi connectivity index (χ3n) is 3.10. The second-order valence-corrected chi connectivity index (χ2v) is 4.27. The first-order valence-electron chi connectivity index (χ1n) is 6.13. The van der Waals surface area contributed by atoms with Crippen LogP contribution in [-0.4, -0.2) is 25.0 Å². The minimum atomic E-state index is -1.92. The number of carbonyl (C=O) groups excluding carboxylic acids is 1. The Morgan fingerprint density at radius 2 is 2.19 bits per heavy atom. The van der Waals surface area contributed by atoms with Gasteiger partial charge < -0.3 is 9.47 Å². The van der Waals surface area contributed by atoms with Gasteiger partial charge in [0.05, 0.1) is 12.7 Å². The summed E-state index contributed by atoms with van der Waals surface area (Å²) in [5.74, 6) is -0.297. The van der Waals surface area contributed by atoms with Crippen LogP contribution >= 0.6 is 0 Å². The molecule has 1 fully saturated rings. The predicted octanol–water partition coefficient (Wildman–Crippen LogP) is 2.83. The van der Waals surface area contributed by atoms with Crippen LogP contribution in [-0.2, 0) is 14.3 Å². The Bertz CT molecular complexity index is 220. The molecule has 3 atom stereocenters. The fourth-order valence-corrected chi connectivity index (χ4v) is 2.17. The Labute approximate surface area is 96.3 Å². The lowest BCUT2D eigenvalue weighted by Crippen LogP contribution is -2.31. The van der Waals surface area contributed by atoms with E-state index in [2.05, 4.69) is 11.7 Å². The van der Waals surface area contributed by atoms with Crippen molar-refractivity contribution in [2.75, 3.05) is 6.61 Å². The summed E-state index contributed by atoms with van der Waals surface area (Å²) in [6.45, 7) is 3.97. The van der Waals surface area contributed by atoms with E-state index >= 15 is 0 Å². The van der Waals surface area contributed by atoms with Crippen LogP contribution in [0.15, 0.2) is 0 Å². The molecule has 0 aromatic rings. The topological polar surface area (TPSA) is 35.5 Å². The maximum Gasteiger partial charge on any atom is 0.368 e. The summed E-state index contributed by atoms with van der Waals surface area (Å²) in [6, 6.07) is 0. The average molecular weight is 232 g/mol. The molecule has 0 spiro atoms. The van der Waals surface area contributed by atoms with Gasteiger partial charge in [-0.25, -0.2) is 9.18 Å². The van der Waals surface area contributed by atoms with Crippen LogP contribution < -0.4 is 0 Å². The summed E-state index contributed by atoms with van der Waals surface area (Å²) < 4.78 is 23.0. The monoisotopic (exact) mass is 232 g/mol. The minimum absolute atomic E-state index is 0.127. The van der Waals surface area contributed by atoms with E-state index < -0.39 is 12.3 Å². The van der Waals surface area contributed by atoms with Crippen LogP contribution in [0.5, 0.6) is 0 Å². The zero-order chi connectivity index (χ0) is 12.0. The number of hydrogen-bond acceptors (Lipinski definition) is 3. The van der Waals surface area contributed by atoms with Crippen LogP contribution in [0.3, 0.4) is 0 Å². The quantitative estimate of drug-likeness (QED) is 0.684. The molecule has 0 heterocycles. The van der Waals surface area contributed by atoms with E-state index in [1.54, 1.807) is 6.92 Å². The summed E-state index contributed by atoms with van der Waals surface area (Å²) in [6.07, 6.45) is 2.99. The highest BCUT2D eigenvalue weighted by Crippen LogP contribution is 2.29. The molecule has 0 radical (unpaired) electrons. The van der Waals surface area contributed by atoms with Gasteiger partial charge in [0.1, 0.15) is 0 Å². The molecule has 1 aliphatic rings. The number of ether oxygens (including phenoxy) is 2. The number of alkyl halides is 1. The summed E-state index contributed by atoms with van der Waals surface area (Å²) in [5.41, 5.74) is 0. The molecule has 3 nitrogen and oxygen atoms in total. The zero-order valence-corrected chi connectivity index (χ0v) is 10.1. The summed E-state index contributed by atoms with van der Waals surface area (Å²) in [4.78, 5) is 11.0. The predicted molar refractivity (Wildman–Crippen MR) is 58.7 cm³/mol. The van der Waals surface area contributed by atoms with Gasteiger partial charge in [-0.2, -0.15) is 0 Å². The third kappa shape index (κ3) is 4.08. The minimum Gasteiger partial charge on any atom is -0.462 e. The van der Waals surface area contributed by atoms with Crippen LogP contribution in [0.1, 0.15) is 46.0 Å². The van der Waals surface area contributed by atoms with Crippen molar-refractivity contribution >= 4 is 5.97 Å². The van der Waals surface area contributed by atoms with Gasteiger partial charge in [-0.15, -0.1) is 0 Å². The molecule has 1 rings (SSSR count). The molecular formula is C12H21FO3. The summed E-state index contributed by atoms with van der Waals surface area (Å²) in [7, 11) is 0. The van der Waals surface area contributed by atoms with Gasteiger partial charge >= 0.3 is 5.97 Å². The van der Waals surface area contributed by atoms with Gasteiger partial charge in [0.15, 0.2) is 0 Å². The molecule has 3 unspecified atom stereocenters. The van der Waals surface area contributed by atoms with E-state index in [9.17, 15) is 9.18 Å². The highest BCUT2D eigenvalue weighted by molar-refractivity contribution is 5.72. The van der Waals surface area contributed by atoms with Crippen molar-refractivity contribution in [3.05, 3.63) is 0 Å². The Morgan fingerprint density at radius 3 is 2.81 bits per heavy atom. The smallest absolute Gasteiger partial charge is 0.368 e. The molecule has 1 saturated carbocycles. The number of halogens is 1. The molecule has 0 aromatic heterocycles. The maximum absolute atomic E-state index is 13.3. The fraction of sp³-hybridized carbons (Fsp3) is 0.917. The van der Waals surface area contributed by atoms with E-state index in [1.807, 2.05) is 0 Å². The van der Waals surface area contributed by atoms with Crippen molar-refractivity contribution < 1.29 is 18.7 Å². The first-order valence-corrected chi connectivity index (χ1v) is 6.13. The normalized spacial score (nSPS) is 27.4. The second-order valence-electron chi connectivity index (χ2n) is 4.27. The molecular weight excluding hydrogens is 211 g/mol. The Kier molecular flexibility index (Phi) is 5.74. The van der Waals surface area contributed by atoms with Gasteiger partial charge in [-0.05, 0) is 25.7 Å². The Hall–Kier alpha value is -0.640. The lowest BCUT2D eigenvalue weighted by atomic mass is 9.85. The van der Waals surface area contributed by atoms with Crippen molar-refractivity contribution in [1.29, 1.82) is 0 Å². The molecule has 0 N–H and O–H groups in total. The fourth-order valence-electron chi connectivity index (χ4n) is 2.17. The molecule has 1 aliphatic carbocycles. The first kappa shape index (κ1) is 13.4. The van der Waals surface area contributed by atoms with Crippen molar-refractivity contribution in [3.8, 4) is 0 Å². The van der Waals surface area contributed by atoms with Crippen molar-refractivity contribution in [2.24, 2.45) is 5.92 Å². The van der Waals surface area contributed by atoms with Gasteiger partial charge in [0.2, 0.25) is 0 Å². The SMILES string of the molecule is CCOC(=O)C(F)OC1CCCC(CC)C1. The molecule has 0 aliphatic heterocycles. The van der Waals surface area contributed by atoms with E-state index in [4.69, 9.17) is 4.74 Å². The highest BCUT2D eigenvalue weighted by Gasteiger charge is 2.27. The van der Waals surface area contributed by atoms with Crippen LogP contribution in [0.25, 0.3) is 0 Å². The summed E-state index contributed by atoms with van der Waals surface area (Å²) >= 11 is 0. The number of rotatable bonds is 5. The van der Waals surface area contributed by atoms with Crippen molar-refractivity contribution in [2.45, 2.75) is 58.4 Å². The van der Waals surface area contributed by atoms with E-state index in [1.165, 1.54) is 6.42 Å². The number of esters is 1. The average Bonchev–Trinajstić information content (AvgIpc) is 2.29. The lowest BCUT2D eigenvalue weighted by Gasteiger charge is -2.28. The van der Waals surface area contributed by atoms with Crippen LogP contribution in [0, 0.1) is 5.92 Å². The van der Waals surface area contributed by atoms with Gasteiger partial charge in [-0.1, -0.05) is 26.2 Å². The van der Waals surface area contributed by atoms with Gasteiger partial charge in [-0.3, -0.25) is 0 Å². The third-order valence-corrected chi connectivity index (χ3v) is 3.10. The van der Waals surface area contributed by atoms with Crippen molar-refractivity contribution in [3.63, 3.8) is 0 Å². The van der Waals surface area contributed by atoms with Gasteiger partial charge in [0.25, 0.3) is 6.36 Å². The second kappa shape index (κ2) is 6.84. The van der Waals surface area contributed by atoms with E-state index in [0.29, 0.717) is 5.92 Å². The molecule has 0 bridgehead atoms. The highest BCUT2D eigenvalue weighted by atomic mass is 19.1. The molecule has 4 heteroatoms. The zero-order valence-electron chi connectivity index (χ0n) is 10.1. The largest absolute Gasteiger partial charge is 0.462 e.